The van der Waals surface area contributed by atoms with E-state index in [9.17, 15) is 9.59 Å². The van der Waals surface area contributed by atoms with E-state index >= 15 is 0 Å². The van der Waals surface area contributed by atoms with E-state index in [1.807, 2.05) is 48.5 Å². The number of anilines is 1. The van der Waals surface area contributed by atoms with Gasteiger partial charge >= 0.3 is 0 Å². The summed E-state index contributed by atoms with van der Waals surface area (Å²) in [5.41, 5.74) is 10.4. The molecular weight excluding hydrogens is 402 g/mol. The highest BCUT2D eigenvalue weighted by Gasteiger charge is 2.28. The Morgan fingerprint density at radius 2 is 1.88 bits per heavy atom. The molecule has 0 saturated heterocycles. The Kier molecular flexibility index (Phi) is 5.11. The van der Waals surface area contributed by atoms with Crippen LogP contribution in [0.25, 0.3) is 10.9 Å². The average Bonchev–Trinajstić information content (AvgIpc) is 3.08. The van der Waals surface area contributed by atoms with Gasteiger partial charge in [0.1, 0.15) is 5.75 Å². The largest absolute Gasteiger partial charge is 0.484 e. The lowest BCUT2D eigenvalue weighted by Crippen LogP contribution is -2.20. The minimum Gasteiger partial charge on any atom is -0.484 e. The molecule has 5 rings (SSSR count). The molecule has 0 aliphatic carbocycles. The van der Waals surface area contributed by atoms with E-state index in [-0.39, 0.29) is 18.4 Å². The number of hydrogen-bond donors (Lipinski definition) is 2. The molecule has 4 aromatic rings. The molecule has 2 heterocycles. The zero-order valence-corrected chi connectivity index (χ0v) is 17.5. The molecular formula is C26H23N3O3. The second kappa shape index (κ2) is 8.23. The summed E-state index contributed by atoms with van der Waals surface area (Å²) in [6.45, 7) is 0.554. The molecule has 32 heavy (non-hydrogen) atoms. The van der Waals surface area contributed by atoms with Crippen molar-refractivity contribution in [3.8, 4) is 5.75 Å². The van der Waals surface area contributed by atoms with E-state index in [2.05, 4.69) is 34.3 Å². The summed E-state index contributed by atoms with van der Waals surface area (Å²) in [6.07, 6.45) is 2.47. The molecule has 2 amide bonds. The van der Waals surface area contributed by atoms with Crippen LogP contribution in [0.3, 0.4) is 0 Å². The lowest BCUT2D eigenvalue weighted by atomic mass is 9.88. The van der Waals surface area contributed by atoms with Gasteiger partial charge in [0.25, 0.3) is 5.91 Å². The molecule has 1 aliphatic rings. The average molecular weight is 425 g/mol. The van der Waals surface area contributed by atoms with Crippen LogP contribution in [0.4, 0.5) is 5.69 Å². The molecule has 6 heteroatoms. The fourth-order valence-corrected chi connectivity index (χ4v) is 4.43. The number of benzene rings is 3. The third-order valence-corrected chi connectivity index (χ3v) is 5.81. The van der Waals surface area contributed by atoms with Crippen molar-refractivity contribution in [2.75, 3.05) is 11.9 Å². The van der Waals surface area contributed by atoms with Crippen LogP contribution in [-0.4, -0.2) is 23.0 Å². The molecule has 1 atom stereocenters. The number of hydrogen-bond acceptors (Lipinski definition) is 3. The van der Waals surface area contributed by atoms with Crippen LogP contribution in [0.1, 0.15) is 29.0 Å². The van der Waals surface area contributed by atoms with Crippen molar-refractivity contribution in [3.63, 3.8) is 0 Å². The molecule has 0 bridgehead atoms. The number of aromatic nitrogens is 1. The van der Waals surface area contributed by atoms with Crippen LogP contribution in [0, 0.1) is 0 Å². The highest BCUT2D eigenvalue weighted by atomic mass is 16.5. The van der Waals surface area contributed by atoms with Gasteiger partial charge in [-0.2, -0.15) is 0 Å². The maximum atomic E-state index is 12.7. The van der Waals surface area contributed by atoms with Crippen LogP contribution in [0.2, 0.25) is 0 Å². The fourth-order valence-electron chi connectivity index (χ4n) is 4.43. The number of carbonyl (C=O) groups excluding carboxylic acids is 2. The van der Waals surface area contributed by atoms with Crippen LogP contribution < -0.4 is 15.8 Å². The third kappa shape index (κ3) is 3.83. The highest BCUT2D eigenvalue weighted by molar-refractivity contribution is 6.06. The number of carbonyl (C=O) groups is 2. The zero-order valence-electron chi connectivity index (χ0n) is 17.5. The van der Waals surface area contributed by atoms with Crippen LogP contribution in [0.15, 0.2) is 79.0 Å². The Labute approximate surface area is 185 Å². The molecule has 3 aromatic carbocycles. The van der Waals surface area contributed by atoms with E-state index in [4.69, 9.17) is 10.5 Å². The highest BCUT2D eigenvalue weighted by Crippen LogP contribution is 2.41. The summed E-state index contributed by atoms with van der Waals surface area (Å²) in [5.74, 6) is -0.149. The van der Waals surface area contributed by atoms with Crippen LogP contribution in [-0.2, 0) is 16.1 Å². The topological polar surface area (TPSA) is 86.4 Å². The minimum atomic E-state index is -0.530. The van der Waals surface area contributed by atoms with Crippen molar-refractivity contribution < 1.29 is 14.3 Å². The van der Waals surface area contributed by atoms with Crippen molar-refractivity contribution in [2.24, 2.45) is 5.73 Å². The Balaban J connectivity index is 1.61. The predicted octanol–water partition coefficient (Wildman–Crippen LogP) is 4.03. The van der Waals surface area contributed by atoms with E-state index < -0.39 is 5.91 Å². The summed E-state index contributed by atoms with van der Waals surface area (Å²) in [7, 11) is 0. The van der Waals surface area contributed by atoms with Crippen molar-refractivity contribution in [3.05, 3.63) is 95.7 Å². The number of ether oxygens (including phenoxy) is 1. The second-order valence-electron chi connectivity index (χ2n) is 8.03. The van der Waals surface area contributed by atoms with E-state index in [0.29, 0.717) is 12.2 Å². The Hall–Kier alpha value is -4.06. The lowest BCUT2D eigenvalue weighted by Gasteiger charge is -2.16. The van der Waals surface area contributed by atoms with Gasteiger partial charge in [0, 0.05) is 30.5 Å². The SMILES string of the molecule is NC(=O)COc1cccc([C@H]2CC(=O)Nc3cccc4c3c2cn4Cc2ccccc2)c1. The molecule has 1 aromatic heterocycles. The molecule has 0 unspecified atom stereocenters. The number of nitrogens with one attached hydrogen (secondary N) is 1. The normalized spacial score (nSPS) is 15.2. The van der Waals surface area contributed by atoms with Gasteiger partial charge in [-0.3, -0.25) is 9.59 Å². The quantitative estimate of drug-likeness (QED) is 0.489. The van der Waals surface area contributed by atoms with Gasteiger partial charge < -0.3 is 20.4 Å². The minimum absolute atomic E-state index is 0.0308. The van der Waals surface area contributed by atoms with Gasteiger partial charge in [-0.25, -0.2) is 0 Å². The first kappa shape index (κ1) is 19.9. The monoisotopic (exact) mass is 425 g/mol. The third-order valence-electron chi connectivity index (χ3n) is 5.81. The summed E-state index contributed by atoms with van der Waals surface area (Å²) in [6, 6.07) is 23.9. The summed E-state index contributed by atoms with van der Waals surface area (Å²) in [4.78, 5) is 23.8. The van der Waals surface area contributed by atoms with Gasteiger partial charge in [-0.15, -0.1) is 0 Å². The standard InChI is InChI=1S/C26H23N3O3/c27-24(30)16-32-19-9-4-8-18(12-19)20-13-25(31)28-22-10-5-11-23-26(22)21(20)15-29(23)14-17-6-2-1-3-7-17/h1-12,15,20H,13-14,16H2,(H2,27,30)(H,28,31)/t20-/m1/s1. The molecule has 3 N–H and O–H groups in total. The van der Waals surface area contributed by atoms with Crippen molar-refractivity contribution >= 4 is 28.4 Å². The maximum absolute atomic E-state index is 12.7. The first-order chi connectivity index (χ1) is 15.6. The first-order valence-electron chi connectivity index (χ1n) is 10.5. The van der Waals surface area contributed by atoms with E-state index in [1.165, 1.54) is 5.56 Å². The van der Waals surface area contributed by atoms with E-state index in [0.717, 1.165) is 34.3 Å². The number of nitrogens with zero attached hydrogens (tertiary/aromatic N) is 1. The Morgan fingerprint density at radius 1 is 1.06 bits per heavy atom. The number of amides is 2. The zero-order chi connectivity index (χ0) is 22.1. The first-order valence-corrected chi connectivity index (χ1v) is 10.5. The summed E-state index contributed by atoms with van der Waals surface area (Å²) >= 11 is 0. The van der Waals surface area contributed by atoms with Gasteiger partial charge in [0.15, 0.2) is 6.61 Å². The number of nitrogens with two attached hydrogens (primary N) is 1. The molecule has 6 nitrogen and oxygen atoms in total. The van der Waals surface area contributed by atoms with Crippen molar-refractivity contribution in [2.45, 2.75) is 18.9 Å². The van der Waals surface area contributed by atoms with Crippen molar-refractivity contribution in [1.29, 1.82) is 0 Å². The van der Waals surface area contributed by atoms with E-state index in [1.54, 1.807) is 6.07 Å². The fraction of sp³-hybridized carbons (Fsp3) is 0.154. The summed E-state index contributed by atoms with van der Waals surface area (Å²) < 4.78 is 7.74. The number of primary amides is 1. The Bertz CT molecular complexity index is 1310. The van der Waals surface area contributed by atoms with Gasteiger partial charge in [0.2, 0.25) is 5.91 Å². The molecule has 160 valence electrons. The van der Waals surface area contributed by atoms with Gasteiger partial charge in [-0.05, 0) is 41.0 Å². The maximum Gasteiger partial charge on any atom is 0.255 e. The predicted molar refractivity (Wildman–Crippen MR) is 124 cm³/mol. The molecule has 1 aliphatic heterocycles. The second-order valence-corrected chi connectivity index (χ2v) is 8.03. The van der Waals surface area contributed by atoms with Crippen LogP contribution >= 0.6 is 0 Å². The Morgan fingerprint density at radius 3 is 2.69 bits per heavy atom. The lowest BCUT2D eigenvalue weighted by molar-refractivity contribution is -0.120. The van der Waals surface area contributed by atoms with Crippen molar-refractivity contribution in [1.82, 2.24) is 4.57 Å². The molecule has 0 saturated carbocycles. The summed E-state index contributed by atoms with van der Waals surface area (Å²) in [5, 5.41) is 4.13. The van der Waals surface area contributed by atoms with Gasteiger partial charge in [0.05, 0.1) is 11.2 Å². The molecule has 0 fully saturated rings. The molecule has 0 spiro atoms. The smallest absolute Gasteiger partial charge is 0.255 e. The van der Waals surface area contributed by atoms with Gasteiger partial charge in [-0.1, -0.05) is 48.5 Å². The van der Waals surface area contributed by atoms with Crippen LogP contribution in [0.5, 0.6) is 5.75 Å². The number of rotatable bonds is 6. The molecule has 0 radical (unpaired) electrons.